The molecule has 27 heavy (non-hydrogen) atoms. The first kappa shape index (κ1) is 18.3. The Labute approximate surface area is 158 Å². The molecule has 9 nitrogen and oxygen atoms in total. The van der Waals surface area contributed by atoms with Crippen molar-refractivity contribution >= 4 is 21.5 Å². The van der Waals surface area contributed by atoms with Gasteiger partial charge in [-0.25, -0.2) is 17.9 Å². The zero-order valence-electron chi connectivity index (χ0n) is 15.8. The molecular weight excluding hydrogens is 368 g/mol. The third kappa shape index (κ3) is 3.31. The van der Waals surface area contributed by atoms with E-state index in [9.17, 15) is 13.2 Å². The van der Waals surface area contributed by atoms with Gasteiger partial charge in [-0.1, -0.05) is 6.92 Å². The third-order valence-corrected chi connectivity index (χ3v) is 7.19. The summed E-state index contributed by atoms with van der Waals surface area (Å²) in [6.45, 7) is 7.85. The molecule has 0 bridgehead atoms. The molecule has 0 N–H and O–H groups in total. The zero-order chi connectivity index (χ0) is 19.3. The minimum absolute atomic E-state index is 0.0400. The first-order valence-corrected chi connectivity index (χ1v) is 11.0. The molecule has 2 aromatic heterocycles. The third-order valence-electron chi connectivity index (χ3n) is 5.49. The number of likely N-dealkylation sites (N-methyl/N-ethyl adjacent to an activating group) is 1. The predicted molar refractivity (Wildman–Crippen MR) is 99.1 cm³/mol. The number of nitrogens with zero attached hydrogens (tertiary/aromatic N) is 6. The summed E-state index contributed by atoms with van der Waals surface area (Å²) >= 11 is 0. The summed E-state index contributed by atoms with van der Waals surface area (Å²) in [5.41, 5.74) is 1.75. The van der Waals surface area contributed by atoms with E-state index in [0.717, 1.165) is 17.9 Å². The van der Waals surface area contributed by atoms with E-state index in [2.05, 4.69) is 20.0 Å². The van der Waals surface area contributed by atoms with Crippen molar-refractivity contribution in [2.75, 3.05) is 31.1 Å². The quantitative estimate of drug-likeness (QED) is 0.701. The van der Waals surface area contributed by atoms with E-state index in [1.165, 1.54) is 0 Å². The van der Waals surface area contributed by atoms with Crippen LogP contribution in [0.15, 0.2) is 6.07 Å². The lowest BCUT2D eigenvalue weighted by Gasteiger charge is -2.43. The Morgan fingerprint density at radius 2 is 1.93 bits per heavy atom. The number of aryl methyl sites for hydroxylation is 2. The molecule has 0 aliphatic carbocycles. The average molecular weight is 392 g/mol. The van der Waals surface area contributed by atoms with Gasteiger partial charge < -0.3 is 4.90 Å². The Morgan fingerprint density at radius 1 is 1.19 bits per heavy atom. The first-order valence-electron chi connectivity index (χ1n) is 9.21. The summed E-state index contributed by atoms with van der Waals surface area (Å²) in [7, 11) is -3.12. The molecule has 1 amide bonds. The van der Waals surface area contributed by atoms with Gasteiger partial charge in [0, 0.05) is 30.5 Å². The minimum Gasteiger partial charge on any atom is -0.335 e. The van der Waals surface area contributed by atoms with Gasteiger partial charge in [-0.05, 0) is 26.5 Å². The van der Waals surface area contributed by atoms with Crippen LogP contribution in [0.3, 0.4) is 0 Å². The highest BCUT2D eigenvalue weighted by atomic mass is 32.2. The van der Waals surface area contributed by atoms with Gasteiger partial charge in [0.25, 0.3) is 5.78 Å². The molecule has 0 radical (unpaired) electrons. The van der Waals surface area contributed by atoms with Crippen LogP contribution in [-0.4, -0.2) is 86.9 Å². The maximum absolute atomic E-state index is 12.9. The first-order chi connectivity index (χ1) is 12.8. The summed E-state index contributed by atoms with van der Waals surface area (Å²) < 4.78 is 26.0. The fourth-order valence-corrected chi connectivity index (χ4v) is 6.26. The van der Waals surface area contributed by atoms with E-state index in [1.54, 1.807) is 9.42 Å². The van der Waals surface area contributed by atoms with Crippen molar-refractivity contribution in [2.45, 2.75) is 39.3 Å². The van der Waals surface area contributed by atoms with Crippen LogP contribution in [0, 0.1) is 13.8 Å². The molecule has 4 heterocycles. The maximum atomic E-state index is 12.9. The fraction of sp³-hybridized carbons (Fsp3) is 0.647. The Morgan fingerprint density at radius 3 is 2.67 bits per heavy atom. The van der Waals surface area contributed by atoms with E-state index in [1.807, 2.05) is 26.8 Å². The number of carbonyl (C=O) groups excluding carboxylic acids is 1. The van der Waals surface area contributed by atoms with Crippen molar-refractivity contribution in [2.24, 2.45) is 0 Å². The van der Waals surface area contributed by atoms with Crippen molar-refractivity contribution in [1.29, 1.82) is 0 Å². The van der Waals surface area contributed by atoms with Gasteiger partial charge in [0.15, 0.2) is 15.7 Å². The molecule has 2 atom stereocenters. The number of aromatic nitrogens is 4. The number of fused-ring (bicyclic) bond motifs is 2. The van der Waals surface area contributed by atoms with Crippen molar-refractivity contribution in [3.63, 3.8) is 0 Å². The Bertz CT molecular complexity index is 1000. The van der Waals surface area contributed by atoms with Crippen LogP contribution in [-0.2, 0) is 21.1 Å². The molecule has 0 aromatic carbocycles. The fourth-order valence-electron chi connectivity index (χ4n) is 4.25. The highest BCUT2D eigenvalue weighted by Gasteiger charge is 2.47. The van der Waals surface area contributed by atoms with Crippen molar-refractivity contribution in [3.8, 4) is 0 Å². The minimum atomic E-state index is -3.12. The lowest BCUT2D eigenvalue weighted by molar-refractivity contribution is -0.136. The molecule has 146 valence electrons. The summed E-state index contributed by atoms with van der Waals surface area (Å²) in [4.78, 5) is 25.6. The zero-order valence-corrected chi connectivity index (χ0v) is 16.6. The van der Waals surface area contributed by atoms with Gasteiger partial charge in [-0.2, -0.15) is 4.98 Å². The molecule has 2 aliphatic heterocycles. The summed E-state index contributed by atoms with van der Waals surface area (Å²) in [5.74, 6) is 0.940. The average Bonchev–Trinajstić information content (AvgIpc) is 3.12. The lowest BCUT2D eigenvalue weighted by atomic mass is 10.0. The molecular formula is C17H24N6O3S. The lowest BCUT2D eigenvalue weighted by Crippen LogP contribution is -2.60. The van der Waals surface area contributed by atoms with E-state index in [-0.39, 0.29) is 35.9 Å². The number of hydrogen-bond donors (Lipinski definition) is 0. The smallest absolute Gasteiger partial charge is 0.252 e. The van der Waals surface area contributed by atoms with Crippen LogP contribution in [0.5, 0.6) is 0 Å². The van der Waals surface area contributed by atoms with E-state index < -0.39 is 9.84 Å². The highest BCUT2D eigenvalue weighted by molar-refractivity contribution is 7.91. The Kier molecular flexibility index (Phi) is 4.42. The van der Waals surface area contributed by atoms with E-state index in [0.29, 0.717) is 24.7 Å². The van der Waals surface area contributed by atoms with Crippen LogP contribution in [0.1, 0.15) is 24.1 Å². The molecule has 2 fully saturated rings. The number of piperazine rings is 1. The van der Waals surface area contributed by atoms with Crippen molar-refractivity contribution in [3.05, 3.63) is 23.3 Å². The molecule has 0 unspecified atom stereocenters. The van der Waals surface area contributed by atoms with Gasteiger partial charge in [-0.3, -0.25) is 9.69 Å². The van der Waals surface area contributed by atoms with E-state index in [4.69, 9.17) is 0 Å². The highest BCUT2D eigenvalue weighted by Crippen LogP contribution is 2.27. The number of amides is 1. The van der Waals surface area contributed by atoms with Crippen molar-refractivity contribution in [1.82, 2.24) is 29.4 Å². The number of hydrogen-bond acceptors (Lipinski definition) is 7. The van der Waals surface area contributed by atoms with Crippen LogP contribution in [0.2, 0.25) is 0 Å². The van der Waals surface area contributed by atoms with Crippen LogP contribution < -0.4 is 0 Å². The molecule has 2 aliphatic rings. The molecule has 0 saturated carbocycles. The molecule has 0 spiro atoms. The topological polar surface area (TPSA) is 101 Å². The van der Waals surface area contributed by atoms with Crippen LogP contribution in [0.25, 0.3) is 5.78 Å². The molecule has 4 rings (SSSR count). The maximum Gasteiger partial charge on any atom is 0.252 e. The van der Waals surface area contributed by atoms with Crippen LogP contribution >= 0.6 is 0 Å². The largest absolute Gasteiger partial charge is 0.335 e. The summed E-state index contributed by atoms with van der Waals surface area (Å²) in [5, 5.41) is 4.40. The van der Waals surface area contributed by atoms with Gasteiger partial charge in [0.05, 0.1) is 24.0 Å². The van der Waals surface area contributed by atoms with Gasteiger partial charge in [0.2, 0.25) is 5.91 Å². The predicted octanol–water partition coefficient (Wildman–Crippen LogP) is -0.387. The second-order valence-corrected chi connectivity index (χ2v) is 9.54. The van der Waals surface area contributed by atoms with Gasteiger partial charge >= 0.3 is 0 Å². The van der Waals surface area contributed by atoms with Crippen LogP contribution in [0.4, 0.5) is 0 Å². The SMILES string of the molecule is CCN1CCN(C(=O)Cc2nc3nc(C)cc(C)n3n2)[C@H]2CS(=O)(=O)C[C@H]21. The number of sulfone groups is 1. The monoisotopic (exact) mass is 392 g/mol. The number of rotatable bonds is 3. The van der Waals surface area contributed by atoms with Gasteiger partial charge in [0.1, 0.15) is 0 Å². The summed E-state index contributed by atoms with van der Waals surface area (Å²) in [6, 6.07) is 1.51. The second kappa shape index (κ2) is 6.52. The molecule has 10 heteroatoms. The number of carbonyl (C=O) groups is 1. The molecule has 2 aromatic rings. The van der Waals surface area contributed by atoms with Crippen molar-refractivity contribution < 1.29 is 13.2 Å². The Hall–Kier alpha value is -2.07. The molecule has 2 saturated heterocycles. The standard InChI is InChI=1S/C17H24N6O3S/c1-4-21-5-6-22(14-10-27(25,26)9-13(14)21)16(24)8-15-19-17-18-11(2)7-12(3)23(17)20-15/h7,13-14H,4-6,8-10H2,1-3H3/t13-,14+/m1/s1. The van der Waals surface area contributed by atoms with Gasteiger partial charge in [-0.15, -0.1) is 5.10 Å². The Balaban J connectivity index is 1.57. The second-order valence-electron chi connectivity index (χ2n) is 7.38. The normalized spacial score (nSPS) is 25.1. The van der Waals surface area contributed by atoms with E-state index >= 15 is 0 Å². The summed E-state index contributed by atoms with van der Waals surface area (Å²) in [6.07, 6.45) is 0.0528.